The van der Waals surface area contributed by atoms with Gasteiger partial charge in [0.15, 0.2) is 0 Å². The minimum absolute atomic E-state index is 0.175. The summed E-state index contributed by atoms with van der Waals surface area (Å²) in [6.45, 7) is 5.74. The summed E-state index contributed by atoms with van der Waals surface area (Å²) in [5, 5.41) is 9.77. The van der Waals surface area contributed by atoms with Crippen molar-refractivity contribution in [3.8, 4) is 0 Å². The number of amides is 1. The zero-order chi connectivity index (χ0) is 18.5. The highest BCUT2D eigenvalue weighted by atomic mass is 16.2. The Morgan fingerprint density at radius 2 is 1.65 bits per heavy atom. The highest BCUT2D eigenvalue weighted by Gasteiger charge is 2.12. The van der Waals surface area contributed by atoms with Crippen LogP contribution in [0.5, 0.6) is 0 Å². The number of nitrogens with zero attached hydrogens (tertiary/aromatic N) is 1. The average Bonchev–Trinajstić information content (AvgIpc) is 2.67. The molecule has 3 aromatic rings. The molecule has 1 amide bonds. The summed E-state index contributed by atoms with van der Waals surface area (Å²) >= 11 is 0. The van der Waals surface area contributed by atoms with Crippen LogP contribution < -0.4 is 10.7 Å². The molecule has 0 bridgehead atoms. The fraction of sp³-hybridized carbons (Fsp3) is 0.182. The Morgan fingerprint density at radius 3 is 2.38 bits per heavy atom. The van der Waals surface area contributed by atoms with Gasteiger partial charge in [-0.1, -0.05) is 54.1 Å². The lowest BCUT2D eigenvalue weighted by Crippen LogP contribution is -2.35. The zero-order valence-corrected chi connectivity index (χ0v) is 15.3. The second kappa shape index (κ2) is 7.83. The molecule has 4 nitrogen and oxygen atoms in total. The lowest BCUT2D eigenvalue weighted by atomic mass is 10.0. The zero-order valence-electron chi connectivity index (χ0n) is 15.3. The van der Waals surface area contributed by atoms with Gasteiger partial charge in [-0.15, -0.1) is 0 Å². The molecule has 2 N–H and O–H groups in total. The van der Waals surface area contributed by atoms with Gasteiger partial charge in [-0.3, -0.25) is 4.79 Å². The predicted molar refractivity (Wildman–Crippen MR) is 109 cm³/mol. The van der Waals surface area contributed by atoms with Crippen LogP contribution >= 0.6 is 0 Å². The smallest absolute Gasteiger partial charge is 0.262 e. The third-order valence-corrected chi connectivity index (χ3v) is 4.33. The quantitative estimate of drug-likeness (QED) is 0.529. The summed E-state index contributed by atoms with van der Waals surface area (Å²) in [5.41, 5.74) is 6.50. The van der Waals surface area contributed by atoms with Crippen molar-refractivity contribution in [3.63, 3.8) is 0 Å². The van der Waals surface area contributed by atoms with Crippen LogP contribution in [0.2, 0.25) is 0 Å². The topological polar surface area (TPSA) is 53.5 Å². The lowest BCUT2D eigenvalue weighted by Gasteiger charge is -2.14. The maximum atomic E-state index is 12.3. The van der Waals surface area contributed by atoms with E-state index in [4.69, 9.17) is 0 Å². The van der Waals surface area contributed by atoms with Gasteiger partial charge in [0.1, 0.15) is 6.04 Å². The predicted octanol–water partition coefficient (Wildman–Crippen LogP) is 4.49. The molecule has 0 saturated carbocycles. The first-order valence-corrected chi connectivity index (χ1v) is 8.69. The highest BCUT2D eigenvalue weighted by Crippen LogP contribution is 2.16. The van der Waals surface area contributed by atoms with Crippen LogP contribution in [0.25, 0.3) is 10.8 Å². The number of carbonyl (C=O) groups excluding carboxylic acids is 1. The SMILES string of the molecule is CC(=NNC(=O)[C@@H](C)Nc1ccc(C)cc1)c1ccc2ccccc2c1. The summed E-state index contributed by atoms with van der Waals surface area (Å²) in [7, 11) is 0. The summed E-state index contributed by atoms with van der Waals surface area (Å²) in [6, 6.07) is 21.9. The normalized spacial score (nSPS) is 12.7. The molecule has 0 spiro atoms. The number of fused-ring (bicyclic) bond motifs is 1. The molecule has 1 atom stereocenters. The molecule has 3 rings (SSSR count). The summed E-state index contributed by atoms with van der Waals surface area (Å²) in [6.07, 6.45) is 0. The Labute approximate surface area is 153 Å². The van der Waals surface area contributed by atoms with E-state index in [0.717, 1.165) is 22.3 Å². The third-order valence-electron chi connectivity index (χ3n) is 4.33. The molecule has 4 heteroatoms. The number of benzene rings is 3. The van der Waals surface area contributed by atoms with Crippen molar-refractivity contribution >= 4 is 28.1 Å². The van der Waals surface area contributed by atoms with Gasteiger partial charge in [0, 0.05) is 5.69 Å². The van der Waals surface area contributed by atoms with Crippen molar-refractivity contribution in [2.45, 2.75) is 26.8 Å². The second-order valence-electron chi connectivity index (χ2n) is 6.47. The maximum absolute atomic E-state index is 12.3. The molecule has 0 aliphatic rings. The first-order chi connectivity index (χ1) is 12.5. The third kappa shape index (κ3) is 4.28. The molecule has 0 aromatic heterocycles. The molecule has 0 saturated heterocycles. The largest absolute Gasteiger partial charge is 0.374 e. The van der Waals surface area contributed by atoms with Gasteiger partial charge in [-0.2, -0.15) is 5.10 Å². The van der Waals surface area contributed by atoms with Crippen molar-refractivity contribution < 1.29 is 4.79 Å². The van der Waals surface area contributed by atoms with Crippen molar-refractivity contribution in [1.82, 2.24) is 5.43 Å². The molecule has 0 unspecified atom stereocenters. The van der Waals surface area contributed by atoms with Gasteiger partial charge < -0.3 is 5.32 Å². The molecule has 0 radical (unpaired) electrons. The Kier molecular flexibility index (Phi) is 5.32. The van der Waals surface area contributed by atoms with Crippen molar-refractivity contribution in [3.05, 3.63) is 77.9 Å². The van der Waals surface area contributed by atoms with E-state index in [-0.39, 0.29) is 11.9 Å². The number of hydrazone groups is 1. The number of hydrogen-bond acceptors (Lipinski definition) is 3. The van der Waals surface area contributed by atoms with E-state index >= 15 is 0 Å². The van der Waals surface area contributed by atoms with E-state index in [2.05, 4.69) is 40.1 Å². The Balaban J connectivity index is 1.65. The highest BCUT2D eigenvalue weighted by molar-refractivity contribution is 6.02. The van der Waals surface area contributed by atoms with Gasteiger partial charge in [0.25, 0.3) is 5.91 Å². The van der Waals surface area contributed by atoms with Gasteiger partial charge in [-0.05, 0) is 55.3 Å². The van der Waals surface area contributed by atoms with E-state index in [1.54, 1.807) is 0 Å². The fourth-order valence-electron chi connectivity index (χ4n) is 2.68. The van der Waals surface area contributed by atoms with Gasteiger partial charge in [0.05, 0.1) is 5.71 Å². The molecule has 0 heterocycles. The number of nitrogens with one attached hydrogen (secondary N) is 2. The number of hydrogen-bond donors (Lipinski definition) is 2. The van der Waals surface area contributed by atoms with Gasteiger partial charge >= 0.3 is 0 Å². The minimum Gasteiger partial charge on any atom is -0.374 e. The second-order valence-corrected chi connectivity index (χ2v) is 6.47. The number of anilines is 1. The summed E-state index contributed by atoms with van der Waals surface area (Å²) in [4.78, 5) is 12.3. The number of aryl methyl sites for hydroxylation is 1. The van der Waals surface area contributed by atoms with Crippen LogP contribution in [0.3, 0.4) is 0 Å². The van der Waals surface area contributed by atoms with Crippen molar-refractivity contribution in [2.24, 2.45) is 5.10 Å². The van der Waals surface area contributed by atoms with Crippen molar-refractivity contribution in [2.75, 3.05) is 5.32 Å². The van der Waals surface area contributed by atoms with Crippen LogP contribution in [-0.2, 0) is 4.79 Å². The molecular formula is C22H23N3O. The maximum Gasteiger partial charge on any atom is 0.262 e. The van der Waals surface area contributed by atoms with E-state index in [1.807, 2.05) is 63.2 Å². The fourth-order valence-corrected chi connectivity index (χ4v) is 2.68. The minimum atomic E-state index is -0.383. The van der Waals surface area contributed by atoms with E-state index in [9.17, 15) is 4.79 Å². The number of carbonyl (C=O) groups is 1. The van der Waals surface area contributed by atoms with Crippen molar-refractivity contribution in [1.29, 1.82) is 0 Å². The lowest BCUT2D eigenvalue weighted by molar-refractivity contribution is -0.121. The van der Waals surface area contributed by atoms with Crippen LogP contribution in [0.1, 0.15) is 25.0 Å². The number of rotatable bonds is 5. The standard InChI is InChI=1S/C22H23N3O/c1-15-8-12-21(13-9-15)23-17(3)22(26)25-24-16(2)19-11-10-18-6-4-5-7-20(18)14-19/h4-14,17,23H,1-3H3,(H,25,26)/t17-/m1/s1. The first-order valence-electron chi connectivity index (χ1n) is 8.69. The van der Waals surface area contributed by atoms with E-state index in [0.29, 0.717) is 0 Å². The molecule has 0 aliphatic carbocycles. The molecule has 26 heavy (non-hydrogen) atoms. The molecule has 132 valence electrons. The van der Waals surface area contributed by atoms with E-state index < -0.39 is 0 Å². The molecule has 3 aromatic carbocycles. The van der Waals surface area contributed by atoms with Gasteiger partial charge in [-0.25, -0.2) is 5.43 Å². The summed E-state index contributed by atoms with van der Waals surface area (Å²) < 4.78 is 0. The van der Waals surface area contributed by atoms with Crippen LogP contribution in [-0.4, -0.2) is 17.7 Å². The summed E-state index contributed by atoms with van der Waals surface area (Å²) in [5.74, 6) is -0.175. The average molecular weight is 345 g/mol. The van der Waals surface area contributed by atoms with Crippen LogP contribution in [0, 0.1) is 6.92 Å². The monoisotopic (exact) mass is 345 g/mol. The first kappa shape index (κ1) is 17.7. The molecular weight excluding hydrogens is 322 g/mol. The Bertz CT molecular complexity index is 945. The Morgan fingerprint density at radius 1 is 0.962 bits per heavy atom. The molecule has 0 aliphatic heterocycles. The van der Waals surface area contributed by atoms with Crippen LogP contribution in [0.15, 0.2) is 71.8 Å². The Hall–Kier alpha value is -3.14. The van der Waals surface area contributed by atoms with Crippen LogP contribution in [0.4, 0.5) is 5.69 Å². The molecule has 0 fully saturated rings. The van der Waals surface area contributed by atoms with Gasteiger partial charge in [0.2, 0.25) is 0 Å². The van der Waals surface area contributed by atoms with E-state index in [1.165, 1.54) is 10.9 Å².